The van der Waals surface area contributed by atoms with Crippen LogP contribution in [0.15, 0.2) is 48.5 Å². The number of para-hydroxylation sites is 1. The lowest BCUT2D eigenvalue weighted by Gasteiger charge is -2.36. The van der Waals surface area contributed by atoms with Gasteiger partial charge in [0, 0.05) is 51.4 Å². The van der Waals surface area contributed by atoms with Crippen molar-refractivity contribution in [3.05, 3.63) is 65.5 Å². The lowest BCUT2D eigenvalue weighted by Crippen LogP contribution is -2.46. The first-order valence-electron chi connectivity index (χ1n) is 10.4. The quantitative estimate of drug-likeness (QED) is 0.814. The van der Waals surface area contributed by atoms with E-state index in [1.165, 1.54) is 11.6 Å². The third kappa shape index (κ3) is 5.14. The largest absolute Gasteiger partial charge is 0.376 e. The monoisotopic (exact) mass is 397 g/mol. The molecule has 2 aliphatic rings. The van der Waals surface area contributed by atoms with Crippen LogP contribution in [-0.2, 0) is 11.3 Å². The highest BCUT2D eigenvalue weighted by atomic mass is 19.1. The minimum absolute atomic E-state index is 0.0504. The molecule has 1 N–H and O–H groups in total. The summed E-state index contributed by atoms with van der Waals surface area (Å²) in [5.41, 5.74) is 2.54. The van der Waals surface area contributed by atoms with Crippen molar-refractivity contribution in [3.63, 3.8) is 0 Å². The third-order valence-electron chi connectivity index (χ3n) is 5.70. The Morgan fingerprint density at radius 1 is 1.07 bits per heavy atom. The predicted octanol–water partition coefficient (Wildman–Crippen LogP) is 3.06. The number of benzene rings is 2. The first-order valence-corrected chi connectivity index (χ1v) is 10.4. The molecule has 0 bridgehead atoms. The van der Waals surface area contributed by atoms with Crippen molar-refractivity contribution in [2.24, 2.45) is 0 Å². The molecule has 154 valence electrons. The summed E-state index contributed by atoms with van der Waals surface area (Å²) in [5, 5.41) is 2.96. The lowest BCUT2D eigenvalue weighted by atomic mass is 10.1. The van der Waals surface area contributed by atoms with E-state index in [2.05, 4.69) is 15.1 Å². The molecule has 1 amide bonds. The molecule has 0 radical (unpaired) electrons. The molecule has 0 unspecified atom stereocenters. The number of nitrogens with zero attached hydrogens (tertiary/aromatic N) is 2. The summed E-state index contributed by atoms with van der Waals surface area (Å²) in [6.45, 7) is 5.60. The summed E-state index contributed by atoms with van der Waals surface area (Å²) in [4.78, 5) is 16.8. The third-order valence-corrected chi connectivity index (χ3v) is 5.70. The molecule has 2 aromatic carbocycles. The number of ether oxygens (including phenoxy) is 1. The summed E-state index contributed by atoms with van der Waals surface area (Å²) in [6, 6.07) is 14.8. The van der Waals surface area contributed by atoms with E-state index >= 15 is 0 Å². The van der Waals surface area contributed by atoms with Gasteiger partial charge in [0.1, 0.15) is 5.82 Å². The van der Waals surface area contributed by atoms with Crippen LogP contribution >= 0.6 is 0 Å². The molecule has 0 saturated carbocycles. The van der Waals surface area contributed by atoms with E-state index in [0.29, 0.717) is 17.8 Å². The van der Waals surface area contributed by atoms with E-state index in [1.54, 1.807) is 6.07 Å². The van der Waals surface area contributed by atoms with E-state index in [1.807, 2.05) is 36.4 Å². The highest BCUT2D eigenvalue weighted by Gasteiger charge is 2.20. The molecule has 0 aliphatic carbocycles. The molecule has 2 fully saturated rings. The number of piperazine rings is 1. The maximum atomic E-state index is 14.0. The van der Waals surface area contributed by atoms with Gasteiger partial charge in [0.25, 0.3) is 5.91 Å². The molecule has 6 heteroatoms. The van der Waals surface area contributed by atoms with Gasteiger partial charge in [0.05, 0.1) is 11.8 Å². The topological polar surface area (TPSA) is 44.8 Å². The van der Waals surface area contributed by atoms with Crippen molar-refractivity contribution < 1.29 is 13.9 Å². The molecule has 29 heavy (non-hydrogen) atoms. The fourth-order valence-electron chi connectivity index (χ4n) is 3.99. The van der Waals surface area contributed by atoms with Crippen LogP contribution in [0.4, 0.5) is 10.1 Å². The van der Waals surface area contributed by atoms with Crippen LogP contribution in [0, 0.1) is 5.82 Å². The summed E-state index contributed by atoms with van der Waals surface area (Å²) in [6.07, 6.45) is 2.24. The van der Waals surface area contributed by atoms with E-state index in [4.69, 9.17) is 4.74 Å². The number of amides is 1. The van der Waals surface area contributed by atoms with Gasteiger partial charge in [-0.1, -0.05) is 24.3 Å². The Labute approximate surface area is 171 Å². The Kier molecular flexibility index (Phi) is 6.42. The van der Waals surface area contributed by atoms with E-state index in [0.717, 1.165) is 52.2 Å². The first kappa shape index (κ1) is 19.9. The van der Waals surface area contributed by atoms with Gasteiger partial charge in [-0.05, 0) is 42.7 Å². The van der Waals surface area contributed by atoms with E-state index in [-0.39, 0.29) is 17.8 Å². The zero-order valence-corrected chi connectivity index (χ0v) is 16.6. The van der Waals surface area contributed by atoms with Crippen LogP contribution in [0.5, 0.6) is 0 Å². The molecule has 0 spiro atoms. The maximum absolute atomic E-state index is 14.0. The van der Waals surface area contributed by atoms with Crippen LogP contribution in [0.3, 0.4) is 0 Å². The van der Waals surface area contributed by atoms with Crippen LogP contribution in [0.2, 0.25) is 0 Å². The molecule has 2 aliphatic heterocycles. The highest BCUT2D eigenvalue weighted by Crippen LogP contribution is 2.21. The number of rotatable bonds is 6. The SMILES string of the molecule is O=C(NC[C@H]1CCCO1)c1ccc(CN2CCN(c3ccccc3F)CC2)cc1. The number of hydrogen-bond acceptors (Lipinski definition) is 4. The summed E-state index contributed by atoms with van der Waals surface area (Å²) < 4.78 is 19.5. The summed E-state index contributed by atoms with van der Waals surface area (Å²) in [7, 11) is 0. The van der Waals surface area contributed by atoms with Gasteiger partial charge >= 0.3 is 0 Å². The Balaban J connectivity index is 1.25. The van der Waals surface area contributed by atoms with Crippen molar-refractivity contribution in [2.75, 3.05) is 44.2 Å². The zero-order chi connectivity index (χ0) is 20.1. The molecule has 4 rings (SSSR count). The fraction of sp³-hybridized carbons (Fsp3) is 0.435. The summed E-state index contributed by atoms with van der Waals surface area (Å²) in [5.74, 6) is -0.208. The van der Waals surface area contributed by atoms with Gasteiger partial charge in [-0.15, -0.1) is 0 Å². The average Bonchev–Trinajstić information content (AvgIpc) is 3.27. The second kappa shape index (κ2) is 9.37. The molecule has 1 atom stereocenters. The molecule has 2 aromatic rings. The van der Waals surface area contributed by atoms with Crippen molar-refractivity contribution in [2.45, 2.75) is 25.5 Å². The number of halogens is 1. The number of carbonyl (C=O) groups excluding carboxylic acids is 1. The second-order valence-corrected chi connectivity index (χ2v) is 7.76. The van der Waals surface area contributed by atoms with Crippen molar-refractivity contribution >= 4 is 11.6 Å². The molecule has 5 nitrogen and oxygen atoms in total. The van der Waals surface area contributed by atoms with Crippen molar-refractivity contribution in [3.8, 4) is 0 Å². The standard InChI is InChI=1S/C23H28FN3O2/c24-21-5-1-2-6-22(21)27-13-11-26(12-14-27)17-18-7-9-19(10-8-18)23(28)25-16-20-4-3-15-29-20/h1-2,5-10,20H,3-4,11-17H2,(H,25,28)/t20-/m1/s1. The van der Waals surface area contributed by atoms with Gasteiger partial charge < -0.3 is 15.0 Å². The van der Waals surface area contributed by atoms with Crippen LogP contribution in [-0.4, -0.2) is 56.2 Å². The smallest absolute Gasteiger partial charge is 0.251 e. The van der Waals surface area contributed by atoms with Gasteiger partial charge in [-0.2, -0.15) is 0 Å². The Hall–Kier alpha value is -2.44. The van der Waals surface area contributed by atoms with Crippen LogP contribution in [0.25, 0.3) is 0 Å². The van der Waals surface area contributed by atoms with Crippen molar-refractivity contribution in [1.29, 1.82) is 0 Å². The van der Waals surface area contributed by atoms with Gasteiger partial charge in [0.2, 0.25) is 0 Å². The molecule has 2 saturated heterocycles. The van der Waals surface area contributed by atoms with Gasteiger partial charge in [0.15, 0.2) is 0 Å². The van der Waals surface area contributed by atoms with Gasteiger partial charge in [-0.25, -0.2) is 4.39 Å². The van der Waals surface area contributed by atoms with E-state index in [9.17, 15) is 9.18 Å². The molecule has 0 aromatic heterocycles. The number of nitrogens with one attached hydrogen (secondary N) is 1. The van der Waals surface area contributed by atoms with Gasteiger partial charge in [-0.3, -0.25) is 9.69 Å². The van der Waals surface area contributed by atoms with Crippen molar-refractivity contribution in [1.82, 2.24) is 10.2 Å². The molecular weight excluding hydrogens is 369 g/mol. The predicted molar refractivity (Wildman–Crippen MR) is 112 cm³/mol. The minimum Gasteiger partial charge on any atom is -0.376 e. The molecule has 2 heterocycles. The maximum Gasteiger partial charge on any atom is 0.251 e. The van der Waals surface area contributed by atoms with Crippen LogP contribution < -0.4 is 10.2 Å². The average molecular weight is 397 g/mol. The molecular formula is C23H28FN3O2. The normalized spacial score (nSPS) is 20.0. The lowest BCUT2D eigenvalue weighted by molar-refractivity contribution is 0.0858. The highest BCUT2D eigenvalue weighted by molar-refractivity contribution is 5.94. The summed E-state index contributed by atoms with van der Waals surface area (Å²) >= 11 is 0. The minimum atomic E-state index is -0.158. The number of hydrogen-bond donors (Lipinski definition) is 1. The van der Waals surface area contributed by atoms with E-state index < -0.39 is 0 Å². The first-order chi connectivity index (χ1) is 14.2. The second-order valence-electron chi connectivity index (χ2n) is 7.76. The zero-order valence-electron chi connectivity index (χ0n) is 16.6. The fourth-order valence-corrected chi connectivity index (χ4v) is 3.99. The number of carbonyl (C=O) groups is 1. The Bertz CT molecular complexity index is 813. The number of anilines is 1. The Morgan fingerprint density at radius 2 is 1.83 bits per heavy atom. The van der Waals surface area contributed by atoms with Crippen LogP contribution in [0.1, 0.15) is 28.8 Å². The Morgan fingerprint density at radius 3 is 2.52 bits per heavy atom.